The predicted octanol–water partition coefficient (Wildman–Crippen LogP) is 3.19. The van der Waals surface area contributed by atoms with E-state index in [-0.39, 0.29) is 5.69 Å². The van der Waals surface area contributed by atoms with Crippen molar-refractivity contribution >= 4 is 28.3 Å². The van der Waals surface area contributed by atoms with Gasteiger partial charge in [-0.2, -0.15) is 9.78 Å². The van der Waals surface area contributed by atoms with Gasteiger partial charge in [0.25, 0.3) is 0 Å². The Bertz CT molecular complexity index is 1320. The quantitative estimate of drug-likeness (QED) is 0.267. The molecule has 0 amide bonds. The highest BCUT2D eigenvalue weighted by atomic mass is 32.2. The topological polar surface area (TPSA) is 111 Å². The number of benzene rings is 2. The molecule has 1 unspecified atom stereocenters. The van der Waals surface area contributed by atoms with Crippen LogP contribution in [0.1, 0.15) is 27.3 Å². The molecule has 0 radical (unpaired) electrons. The van der Waals surface area contributed by atoms with Crippen LogP contribution in [0.25, 0.3) is 16.4 Å². The SMILES string of the molecule is C#Cc1c(Cc2ccc([SH+](N)=O)cc2)c(-c2ccccc2)nn1-c1nc(C(=O)O)cs1. The van der Waals surface area contributed by atoms with Crippen molar-refractivity contribution in [3.05, 3.63) is 82.5 Å². The van der Waals surface area contributed by atoms with Gasteiger partial charge in [-0.1, -0.05) is 46.7 Å². The van der Waals surface area contributed by atoms with E-state index < -0.39 is 17.0 Å². The number of carboxylic acid groups (broad SMARTS) is 1. The van der Waals surface area contributed by atoms with Crippen LogP contribution in [0, 0.1) is 12.3 Å². The third kappa shape index (κ3) is 4.18. The first-order chi connectivity index (χ1) is 15.0. The molecule has 154 valence electrons. The van der Waals surface area contributed by atoms with Crippen molar-refractivity contribution in [1.29, 1.82) is 0 Å². The molecule has 1 atom stereocenters. The summed E-state index contributed by atoms with van der Waals surface area (Å²) in [6, 6.07) is 16.8. The van der Waals surface area contributed by atoms with Gasteiger partial charge >= 0.3 is 5.97 Å². The number of nitrogens with two attached hydrogens (primary N) is 1. The van der Waals surface area contributed by atoms with Crippen molar-refractivity contribution in [2.45, 2.75) is 11.3 Å². The van der Waals surface area contributed by atoms with Gasteiger partial charge in [-0.3, -0.25) is 0 Å². The third-order valence-corrected chi connectivity index (χ3v) is 6.25. The average molecular weight is 450 g/mol. The fourth-order valence-electron chi connectivity index (χ4n) is 3.16. The molecule has 0 saturated heterocycles. The largest absolute Gasteiger partial charge is 0.476 e. The van der Waals surface area contributed by atoms with Crippen molar-refractivity contribution in [3.63, 3.8) is 0 Å². The number of carbonyl (C=O) groups is 1. The normalized spacial score (nSPS) is 11.7. The molecular formula is C22H17N4O3S2+. The van der Waals surface area contributed by atoms with Crippen molar-refractivity contribution in [3.8, 4) is 28.7 Å². The highest BCUT2D eigenvalue weighted by Gasteiger charge is 2.22. The molecule has 0 fully saturated rings. The number of hydrogen-bond donors (Lipinski definition) is 2. The zero-order chi connectivity index (χ0) is 22.0. The van der Waals surface area contributed by atoms with Gasteiger partial charge in [-0.25, -0.2) is 9.78 Å². The summed E-state index contributed by atoms with van der Waals surface area (Å²) in [5.41, 5.74) is 3.76. The Morgan fingerprint density at radius 3 is 2.48 bits per heavy atom. The molecule has 2 aromatic carbocycles. The maximum Gasteiger partial charge on any atom is 0.355 e. The minimum atomic E-state index is -1.90. The van der Waals surface area contributed by atoms with Gasteiger partial charge < -0.3 is 5.11 Å². The fraction of sp³-hybridized carbons (Fsp3) is 0.0455. The minimum absolute atomic E-state index is 0.0623. The second kappa shape index (κ2) is 8.65. The molecule has 0 aliphatic carbocycles. The van der Waals surface area contributed by atoms with Crippen LogP contribution >= 0.6 is 11.3 Å². The number of nitrogens with zero attached hydrogens (tertiary/aromatic N) is 3. The lowest BCUT2D eigenvalue weighted by atomic mass is 9.99. The molecule has 3 N–H and O–H groups in total. The minimum Gasteiger partial charge on any atom is -0.476 e. The lowest BCUT2D eigenvalue weighted by Crippen LogP contribution is -2.03. The van der Waals surface area contributed by atoms with Crippen LogP contribution in [0.4, 0.5) is 0 Å². The number of aromatic carboxylic acids is 1. The number of thiol groups is 1. The summed E-state index contributed by atoms with van der Waals surface area (Å²) in [7, 11) is -1.90. The van der Waals surface area contributed by atoms with Crippen LogP contribution in [-0.4, -0.2) is 25.8 Å². The van der Waals surface area contributed by atoms with E-state index in [0.717, 1.165) is 28.0 Å². The average Bonchev–Trinajstić information content (AvgIpc) is 3.40. The smallest absolute Gasteiger partial charge is 0.355 e. The van der Waals surface area contributed by atoms with Crippen molar-refractivity contribution in [2.75, 3.05) is 0 Å². The Kier molecular flexibility index (Phi) is 5.77. The first-order valence-corrected chi connectivity index (χ1v) is 11.3. The molecule has 0 aliphatic rings. The van der Waals surface area contributed by atoms with E-state index >= 15 is 0 Å². The molecule has 31 heavy (non-hydrogen) atoms. The molecule has 0 bridgehead atoms. The zero-order valence-corrected chi connectivity index (χ0v) is 17.8. The van der Waals surface area contributed by atoms with E-state index in [2.05, 4.69) is 10.9 Å². The van der Waals surface area contributed by atoms with Crippen LogP contribution < -0.4 is 5.14 Å². The van der Waals surface area contributed by atoms with Crippen LogP contribution in [0.2, 0.25) is 0 Å². The number of carboxylic acids is 1. The summed E-state index contributed by atoms with van der Waals surface area (Å²) in [5.74, 6) is 1.58. The number of thiazole rings is 1. The number of rotatable bonds is 6. The maximum atomic E-state index is 11.5. The second-order valence-corrected chi connectivity index (χ2v) is 8.59. The standard InChI is InChI=1S/C22H16N4O3S2/c1-2-19-17(12-14-8-10-16(11-9-14)31(23)29)20(15-6-4-3-5-7-15)25-26(19)22-24-18(13-30-22)21(27)28/h1,3-11,13H,12H2,(H2,23,29)(H,27,28)/p+1. The van der Waals surface area contributed by atoms with E-state index in [1.165, 1.54) is 10.1 Å². The van der Waals surface area contributed by atoms with Gasteiger partial charge in [0.05, 0.1) is 5.69 Å². The van der Waals surface area contributed by atoms with Gasteiger partial charge in [0.1, 0.15) is 5.69 Å². The van der Waals surface area contributed by atoms with Crippen LogP contribution in [-0.2, 0) is 21.6 Å². The Hall–Kier alpha value is -3.58. The molecule has 0 aliphatic heterocycles. The van der Waals surface area contributed by atoms with E-state index in [1.54, 1.807) is 12.1 Å². The Morgan fingerprint density at radius 2 is 1.90 bits per heavy atom. The van der Waals surface area contributed by atoms with Crippen LogP contribution in [0.15, 0.2) is 64.9 Å². The van der Waals surface area contributed by atoms with Gasteiger partial charge in [-0.15, -0.1) is 22.9 Å². The van der Waals surface area contributed by atoms with E-state index in [1.807, 2.05) is 42.5 Å². The van der Waals surface area contributed by atoms with E-state index in [9.17, 15) is 14.1 Å². The zero-order valence-electron chi connectivity index (χ0n) is 16.1. The molecule has 2 heterocycles. The van der Waals surface area contributed by atoms with Gasteiger partial charge in [0.15, 0.2) is 21.6 Å². The monoisotopic (exact) mass is 449 g/mol. The van der Waals surface area contributed by atoms with E-state index in [4.69, 9.17) is 16.7 Å². The molecule has 0 saturated carbocycles. The van der Waals surface area contributed by atoms with Crippen molar-refractivity contribution in [2.24, 2.45) is 5.14 Å². The maximum absolute atomic E-state index is 11.5. The van der Waals surface area contributed by atoms with Gasteiger partial charge in [-0.05, 0) is 23.6 Å². The van der Waals surface area contributed by atoms with Crippen molar-refractivity contribution < 1.29 is 14.1 Å². The molecule has 4 aromatic rings. The highest BCUT2D eigenvalue weighted by molar-refractivity contribution is 7.82. The molecule has 4 rings (SSSR count). The van der Waals surface area contributed by atoms with Crippen LogP contribution in [0.5, 0.6) is 0 Å². The molecule has 0 spiro atoms. The Morgan fingerprint density at radius 1 is 1.19 bits per heavy atom. The first kappa shape index (κ1) is 20.7. The number of hydrogen-bond acceptors (Lipinski definition) is 5. The summed E-state index contributed by atoms with van der Waals surface area (Å²) >= 11 is 1.16. The number of terminal acetylenes is 1. The van der Waals surface area contributed by atoms with Crippen molar-refractivity contribution in [1.82, 2.24) is 14.8 Å². The summed E-state index contributed by atoms with van der Waals surface area (Å²) in [4.78, 5) is 16.0. The molecule has 2 aromatic heterocycles. The van der Waals surface area contributed by atoms with Gasteiger partial charge in [0.2, 0.25) is 5.13 Å². The summed E-state index contributed by atoms with van der Waals surface area (Å²) < 4.78 is 13.0. The first-order valence-electron chi connectivity index (χ1n) is 9.12. The Labute approximate surface area is 184 Å². The van der Waals surface area contributed by atoms with Crippen LogP contribution in [0.3, 0.4) is 0 Å². The molecular weight excluding hydrogens is 432 g/mol. The second-order valence-electron chi connectivity index (χ2n) is 6.59. The molecule has 7 nitrogen and oxygen atoms in total. The third-order valence-electron chi connectivity index (χ3n) is 4.63. The lowest BCUT2D eigenvalue weighted by Gasteiger charge is -2.05. The summed E-state index contributed by atoms with van der Waals surface area (Å²) in [6.45, 7) is 0. The summed E-state index contributed by atoms with van der Waals surface area (Å²) in [5, 5.41) is 21.2. The fourth-order valence-corrected chi connectivity index (χ4v) is 4.35. The highest BCUT2D eigenvalue weighted by Crippen LogP contribution is 2.30. The Balaban J connectivity index is 1.85. The van der Waals surface area contributed by atoms with Gasteiger partial charge in [0, 0.05) is 22.9 Å². The number of aromatic nitrogens is 3. The van der Waals surface area contributed by atoms with E-state index in [0.29, 0.717) is 27.8 Å². The summed E-state index contributed by atoms with van der Waals surface area (Å²) in [6.07, 6.45) is 6.33. The molecule has 9 heteroatoms. The predicted molar refractivity (Wildman–Crippen MR) is 121 cm³/mol. The lowest BCUT2D eigenvalue weighted by molar-refractivity contribution is 0.0691.